The molecule has 1 rings (SSSR count). The third-order valence-corrected chi connectivity index (χ3v) is 2.38. The van der Waals surface area contributed by atoms with Crippen LogP contribution in [0, 0.1) is 5.92 Å². The molecule has 0 aliphatic carbocycles. The summed E-state index contributed by atoms with van der Waals surface area (Å²) in [7, 11) is 1.67. The van der Waals surface area contributed by atoms with Gasteiger partial charge in [0.05, 0.1) is 19.1 Å². The standard InChI is InChI=1S/C10H20N2O3.ClH/c1-14-7-5-11-3-4-12-10(13)9-2-6-15-8-9;/h9,11H,2-8H2,1H3,(H,12,13);1H. The molecule has 1 atom stereocenters. The van der Waals surface area contributed by atoms with Crippen molar-refractivity contribution >= 4 is 18.3 Å². The molecular formula is C10H21ClN2O3. The molecule has 0 radical (unpaired) electrons. The highest BCUT2D eigenvalue weighted by Crippen LogP contribution is 2.11. The van der Waals surface area contributed by atoms with Gasteiger partial charge in [0.1, 0.15) is 0 Å². The molecule has 1 unspecified atom stereocenters. The molecule has 0 spiro atoms. The van der Waals surface area contributed by atoms with E-state index >= 15 is 0 Å². The third kappa shape index (κ3) is 6.27. The van der Waals surface area contributed by atoms with Gasteiger partial charge in [-0.05, 0) is 6.42 Å². The average Bonchev–Trinajstić information content (AvgIpc) is 2.76. The highest BCUT2D eigenvalue weighted by atomic mass is 35.5. The molecule has 0 aromatic heterocycles. The van der Waals surface area contributed by atoms with Crippen LogP contribution in [-0.2, 0) is 14.3 Å². The minimum atomic E-state index is 0. The lowest BCUT2D eigenvalue weighted by Crippen LogP contribution is -2.36. The SMILES string of the molecule is COCCNCCNC(=O)C1CCOC1.Cl. The van der Waals surface area contributed by atoms with Gasteiger partial charge < -0.3 is 20.1 Å². The van der Waals surface area contributed by atoms with Gasteiger partial charge in [-0.15, -0.1) is 12.4 Å². The maximum Gasteiger partial charge on any atom is 0.225 e. The van der Waals surface area contributed by atoms with Crippen LogP contribution in [0.15, 0.2) is 0 Å². The molecule has 0 saturated carbocycles. The zero-order chi connectivity index (χ0) is 10.9. The fraction of sp³-hybridized carbons (Fsp3) is 0.900. The summed E-state index contributed by atoms with van der Waals surface area (Å²) in [5.41, 5.74) is 0. The summed E-state index contributed by atoms with van der Waals surface area (Å²) < 4.78 is 10.0. The Bertz CT molecular complexity index is 187. The highest BCUT2D eigenvalue weighted by molar-refractivity contribution is 5.85. The van der Waals surface area contributed by atoms with Crippen molar-refractivity contribution in [2.24, 2.45) is 5.92 Å². The molecule has 1 aliphatic rings. The minimum absolute atomic E-state index is 0. The molecule has 0 bridgehead atoms. The van der Waals surface area contributed by atoms with Crippen LogP contribution < -0.4 is 10.6 Å². The second-order valence-corrected chi connectivity index (χ2v) is 3.59. The van der Waals surface area contributed by atoms with E-state index in [1.807, 2.05) is 0 Å². The van der Waals surface area contributed by atoms with Gasteiger partial charge in [-0.2, -0.15) is 0 Å². The fourth-order valence-electron chi connectivity index (χ4n) is 1.46. The van der Waals surface area contributed by atoms with Crippen molar-refractivity contribution < 1.29 is 14.3 Å². The first-order valence-corrected chi connectivity index (χ1v) is 5.39. The van der Waals surface area contributed by atoms with Crippen molar-refractivity contribution in [2.45, 2.75) is 6.42 Å². The smallest absolute Gasteiger partial charge is 0.225 e. The van der Waals surface area contributed by atoms with Crippen LogP contribution >= 0.6 is 12.4 Å². The number of carbonyl (C=O) groups is 1. The van der Waals surface area contributed by atoms with Gasteiger partial charge in [0.25, 0.3) is 0 Å². The van der Waals surface area contributed by atoms with Crippen LogP contribution in [0.2, 0.25) is 0 Å². The lowest BCUT2D eigenvalue weighted by atomic mass is 10.1. The molecule has 5 nitrogen and oxygen atoms in total. The van der Waals surface area contributed by atoms with Gasteiger partial charge in [-0.1, -0.05) is 0 Å². The molecular weight excluding hydrogens is 232 g/mol. The van der Waals surface area contributed by atoms with E-state index in [0.29, 0.717) is 26.4 Å². The van der Waals surface area contributed by atoms with E-state index in [4.69, 9.17) is 9.47 Å². The van der Waals surface area contributed by atoms with E-state index in [1.165, 1.54) is 0 Å². The van der Waals surface area contributed by atoms with E-state index in [2.05, 4.69) is 10.6 Å². The second kappa shape index (κ2) is 9.84. The van der Waals surface area contributed by atoms with Gasteiger partial charge >= 0.3 is 0 Å². The molecule has 1 amide bonds. The van der Waals surface area contributed by atoms with E-state index in [-0.39, 0.29) is 24.2 Å². The topological polar surface area (TPSA) is 59.6 Å². The van der Waals surface area contributed by atoms with Crippen molar-refractivity contribution in [2.75, 3.05) is 46.6 Å². The zero-order valence-electron chi connectivity index (χ0n) is 9.66. The summed E-state index contributed by atoms with van der Waals surface area (Å²) in [6.45, 7) is 4.25. The summed E-state index contributed by atoms with van der Waals surface area (Å²) in [5.74, 6) is 0.171. The van der Waals surface area contributed by atoms with Crippen LogP contribution in [0.1, 0.15) is 6.42 Å². The van der Waals surface area contributed by atoms with Crippen LogP contribution in [0.5, 0.6) is 0 Å². The number of ether oxygens (including phenoxy) is 2. The summed E-state index contributed by atoms with van der Waals surface area (Å²) in [6.07, 6.45) is 0.850. The van der Waals surface area contributed by atoms with Gasteiger partial charge in [-0.25, -0.2) is 0 Å². The maximum absolute atomic E-state index is 11.5. The van der Waals surface area contributed by atoms with Crippen molar-refractivity contribution in [3.05, 3.63) is 0 Å². The number of methoxy groups -OCH3 is 1. The molecule has 1 saturated heterocycles. The first-order chi connectivity index (χ1) is 7.34. The number of carbonyl (C=O) groups excluding carboxylic acids is 1. The predicted octanol–water partition coefficient (Wildman–Crippen LogP) is -0.203. The Kier molecular flexibility index (Phi) is 9.62. The predicted molar refractivity (Wildman–Crippen MR) is 63.9 cm³/mol. The molecule has 2 N–H and O–H groups in total. The lowest BCUT2D eigenvalue weighted by molar-refractivity contribution is -0.124. The number of nitrogens with one attached hydrogen (secondary N) is 2. The van der Waals surface area contributed by atoms with Crippen molar-refractivity contribution in [1.82, 2.24) is 10.6 Å². The van der Waals surface area contributed by atoms with Gasteiger partial charge in [-0.3, -0.25) is 4.79 Å². The van der Waals surface area contributed by atoms with Crippen molar-refractivity contribution in [1.29, 1.82) is 0 Å². The Morgan fingerprint density at radius 2 is 2.25 bits per heavy atom. The zero-order valence-corrected chi connectivity index (χ0v) is 10.5. The van der Waals surface area contributed by atoms with E-state index in [1.54, 1.807) is 7.11 Å². The number of rotatable bonds is 7. The van der Waals surface area contributed by atoms with Crippen LogP contribution in [-0.4, -0.2) is 52.5 Å². The molecule has 16 heavy (non-hydrogen) atoms. The number of hydrogen-bond donors (Lipinski definition) is 2. The largest absolute Gasteiger partial charge is 0.383 e. The summed E-state index contributed by atoms with van der Waals surface area (Å²) >= 11 is 0. The molecule has 1 fully saturated rings. The molecule has 6 heteroatoms. The van der Waals surface area contributed by atoms with Crippen LogP contribution in [0.3, 0.4) is 0 Å². The Morgan fingerprint density at radius 3 is 2.88 bits per heavy atom. The number of halogens is 1. The van der Waals surface area contributed by atoms with Gasteiger partial charge in [0.2, 0.25) is 5.91 Å². The summed E-state index contributed by atoms with van der Waals surface area (Å²) in [6, 6.07) is 0. The molecule has 1 heterocycles. The molecule has 0 aromatic carbocycles. The first-order valence-electron chi connectivity index (χ1n) is 5.39. The Labute approximate surface area is 103 Å². The van der Waals surface area contributed by atoms with Crippen molar-refractivity contribution in [3.8, 4) is 0 Å². The number of hydrogen-bond acceptors (Lipinski definition) is 4. The maximum atomic E-state index is 11.5. The van der Waals surface area contributed by atoms with Crippen LogP contribution in [0.4, 0.5) is 0 Å². The van der Waals surface area contributed by atoms with E-state index in [9.17, 15) is 4.79 Å². The van der Waals surface area contributed by atoms with E-state index < -0.39 is 0 Å². The molecule has 1 aliphatic heterocycles. The third-order valence-electron chi connectivity index (χ3n) is 2.38. The van der Waals surface area contributed by atoms with Crippen LogP contribution in [0.25, 0.3) is 0 Å². The number of amides is 1. The molecule has 96 valence electrons. The minimum Gasteiger partial charge on any atom is -0.383 e. The van der Waals surface area contributed by atoms with E-state index in [0.717, 1.165) is 19.5 Å². The monoisotopic (exact) mass is 252 g/mol. The Balaban J connectivity index is 0.00000225. The Morgan fingerprint density at radius 1 is 1.44 bits per heavy atom. The summed E-state index contributed by atoms with van der Waals surface area (Å²) in [5, 5.41) is 6.04. The van der Waals surface area contributed by atoms with Crippen molar-refractivity contribution in [3.63, 3.8) is 0 Å². The quantitative estimate of drug-likeness (QED) is 0.616. The highest BCUT2D eigenvalue weighted by Gasteiger charge is 2.22. The van der Waals surface area contributed by atoms with Gasteiger partial charge in [0.15, 0.2) is 0 Å². The second-order valence-electron chi connectivity index (χ2n) is 3.59. The average molecular weight is 253 g/mol. The lowest BCUT2D eigenvalue weighted by Gasteiger charge is -2.09. The molecule has 0 aromatic rings. The normalized spacial score (nSPS) is 19.2. The first kappa shape index (κ1) is 15.6. The fourth-order valence-corrected chi connectivity index (χ4v) is 1.46. The van der Waals surface area contributed by atoms with Gasteiger partial charge in [0, 0.05) is 33.4 Å². The summed E-state index contributed by atoms with van der Waals surface area (Å²) in [4.78, 5) is 11.5. The Hall–Kier alpha value is -0.360.